The van der Waals surface area contributed by atoms with Crippen molar-refractivity contribution in [1.29, 1.82) is 0 Å². The molecule has 112 valence electrons. The van der Waals surface area contributed by atoms with Gasteiger partial charge >= 0.3 is 0 Å². The molecule has 2 heterocycles. The maximum atomic E-state index is 12.0. The quantitative estimate of drug-likeness (QED) is 0.532. The van der Waals surface area contributed by atoms with Crippen LogP contribution in [-0.2, 0) is 0 Å². The molecule has 1 amide bonds. The van der Waals surface area contributed by atoms with E-state index in [0.717, 1.165) is 37.6 Å². The van der Waals surface area contributed by atoms with E-state index in [-0.39, 0.29) is 11.9 Å². The molecule has 1 aliphatic heterocycles. The van der Waals surface area contributed by atoms with Crippen molar-refractivity contribution in [2.45, 2.75) is 18.9 Å². The highest BCUT2D eigenvalue weighted by Gasteiger charge is 2.24. The van der Waals surface area contributed by atoms with Crippen LogP contribution in [-0.4, -0.2) is 50.2 Å². The SMILES string of the molecule is CNCCCNC(=O)c1sc(N2CCC(N)C2)nc1N. The van der Waals surface area contributed by atoms with E-state index < -0.39 is 0 Å². The number of amides is 1. The van der Waals surface area contributed by atoms with Gasteiger partial charge in [-0.1, -0.05) is 11.3 Å². The molecule has 7 nitrogen and oxygen atoms in total. The molecule has 20 heavy (non-hydrogen) atoms. The van der Waals surface area contributed by atoms with E-state index in [0.29, 0.717) is 17.2 Å². The number of thiazole rings is 1. The molecular formula is C12H22N6OS. The number of carbonyl (C=O) groups is 1. The van der Waals surface area contributed by atoms with E-state index in [1.807, 2.05) is 7.05 Å². The molecule has 1 atom stereocenters. The van der Waals surface area contributed by atoms with Crippen LogP contribution in [0.25, 0.3) is 0 Å². The number of nitrogens with one attached hydrogen (secondary N) is 2. The monoisotopic (exact) mass is 298 g/mol. The zero-order valence-corrected chi connectivity index (χ0v) is 12.5. The van der Waals surface area contributed by atoms with Crippen molar-refractivity contribution in [2.75, 3.05) is 43.9 Å². The van der Waals surface area contributed by atoms with Gasteiger partial charge in [0.2, 0.25) is 0 Å². The van der Waals surface area contributed by atoms with E-state index in [4.69, 9.17) is 11.5 Å². The molecule has 1 unspecified atom stereocenters. The first kappa shape index (κ1) is 15.0. The Morgan fingerprint density at radius 1 is 1.55 bits per heavy atom. The lowest BCUT2D eigenvalue weighted by Crippen LogP contribution is -2.26. The molecule has 0 saturated carbocycles. The zero-order valence-electron chi connectivity index (χ0n) is 11.7. The molecule has 0 aliphatic carbocycles. The van der Waals surface area contributed by atoms with Crippen LogP contribution >= 0.6 is 11.3 Å². The summed E-state index contributed by atoms with van der Waals surface area (Å²) in [6.07, 6.45) is 1.83. The van der Waals surface area contributed by atoms with E-state index in [1.54, 1.807) is 0 Å². The van der Waals surface area contributed by atoms with Gasteiger partial charge in [-0.3, -0.25) is 4.79 Å². The molecule has 1 aromatic heterocycles. The Balaban J connectivity index is 1.94. The summed E-state index contributed by atoms with van der Waals surface area (Å²) in [6.45, 7) is 3.14. The van der Waals surface area contributed by atoms with Gasteiger partial charge in [0.1, 0.15) is 10.7 Å². The Kier molecular flexibility index (Phi) is 5.16. The summed E-state index contributed by atoms with van der Waals surface area (Å²) in [5.74, 6) is 0.155. The third-order valence-corrected chi connectivity index (χ3v) is 4.36. The summed E-state index contributed by atoms with van der Waals surface area (Å²) >= 11 is 1.34. The molecule has 0 bridgehead atoms. The lowest BCUT2D eigenvalue weighted by Gasteiger charge is -2.12. The number of nitrogens with two attached hydrogens (primary N) is 2. The first-order valence-electron chi connectivity index (χ1n) is 6.81. The average molecular weight is 298 g/mol. The van der Waals surface area contributed by atoms with Crippen LogP contribution in [0.5, 0.6) is 0 Å². The molecule has 0 spiro atoms. The van der Waals surface area contributed by atoms with Gasteiger partial charge in [-0.2, -0.15) is 0 Å². The summed E-state index contributed by atoms with van der Waals surface area (Å²) in [7, 11) is 1.88. The lowest BCUT2D eigenvalue weighted by molar-refractivity contribution is 0.0958. The van der Waals surface area contributed by atoms with Crippen LogP contribution in [0, 0.1) is 0 Å². The normalized spacial score (nSPS) is 18.5. The number of nitrogen functional groups attached to an aromatic ring is 1. The van der Waals surface area contributed by atoms with Gasteiger partial charge < -0.3 is 27.0 Å². The Morgan fingerprint density at radius 2 is 2.35 bits per heavy atom. The van der Waals surface area contributed by atoms with E-state index >= 15 is 0 Å². The molecule has 0 aromatic carbocycles. The number of hydrogen-bond donors (Lipinski definition) is 4. The molecule has 6 N–H and O–H groups in total. The highest BCUT2D eigenvalue weighted by molar-refractivity contribution is 7.18. The number of carbonyl (C=O) groups excluding carboxylic acids is 1. The Hall–Kier alpha value is -1.38. The average Bonchev–Trinajstić information content (AvgIpc) is 3.00. The van der Waals surface area contributed by atoms with Crippen molar-refractivity contribution < 1.29 is 4.79 Å². The van der Waals surface area contributed by atoms with Crippen LogP contribution in [0.3, 0.4) is 0 Å². The second-order valence-electron chi connectivity index (χ2n) is 4.92. The fraction of sp³-hybridized carbons (Fsp3) is 0.667. The second-order valence-corrected chi connectivity index (χ2v) is 5.90. The predicted octanol–water partition coefficient (Wildman–Crippen LogP) is -0.398. The van der Waals surface area contributed by atoms with Crippen LogP contribution < -0.4 is 27.0 Å². The first-order valence-corrected chi connectivity index (χ1v) is 7.63. The Labute approximate surface area is 122 Å². The van der Waals surface area contributed by atoms with Crippen molar-refractivity contribution in [3.63, 3.8) is 0 Å². The van der Waals surface area contributed by atoms with Gasteiger partial charge in [0, 0.05) is 25.7 Å². The third-order valence-electron chi connectivity index (χ3n) is 3.23. The highest BCUT2D eigenvalue weighted by Crippen LogP contribution is 2.30. The fourth-order valence-corrected chi connectivity index (χ4v) is 3.06. The van der Waals surface area contributed by atoms with Crippen molar-refractivity contribution in [1.82, 2.24) is 15.6 Å². The maximum absolute atomic E-state index is 12.0. The van der Waals surface area contributed by atoms with Crippen LogP contribution in [0.1, 0.15) is 22.5 Å². The predicted molar refractivity (Wildman–Crippen MR) is 82.2 cm³/mol. The summed E-state index contributed by atoms with van der Waals surface area (Å²) < 4.78 is 0. The lowest BCUT2D eigenvalue weighted by atomic mass is 10.3. The minimum atomic E-state index is -0.147. The molecule has 0 radical (unpaired) electrons. The number of nitrogens with zero attached hydrogens (tertiary/aromatic N) is 2. The molecule has 1 aromatic rings. The molecule has 8 heteroatoms. The minimum Gasteiger partial charge on any atom is -0.382 e. The molecule has 1 saturated heterocycles. The summed E-state index contributed by atoms with van der Waals surface area (Å²) in [6, 6.07) is 0.180. The van der Waals surface area contributed by atoms with Gasteiger partial charge in [-0.05, 0) is 26.4 Å². The maximum Gasteiger partial charge on any atom is 0.265 e. The topological polar surface area (TPSA) is 109 Å². The third kappa shape index (κ3) is 3.59. The smallest absolute Gasteiger partial charge is 0.265 e. The number of rotatable bonds is 6. The van der Waals surface area contributed by atoms with E-state index in [2.05, 4.69) is 20.5 Å². The van der Waals surface area contributed by atoms with Gasteiger partial charge in [0.05, 0.1) is 0 Å². The number of hydrogen-bond acceptors (Lipinski definition) is 7. The second kappa shape index (κ2) is 6.87. The van der Waals surface area contributed by atoms with Crippen molar-refractivity contribution >= 4 is 28.2 Å². The fourth-order valence-electron chi connectivity index (χ4n) is 2.13. The Bertz CT molecular complexity index is 463. The van der Waals surface area contributed by atoms with Gasteiger partial charge in [0.25, 0.3) is 5.91 Å². The number of aromatic nitrogens is 1. The standard InChI is InChI=1S/C12H22N6OS/c1-15-4-2-5-16-11(19)9-10(14)17-12(20-9)18-6-3-8(13)7-18/h8,15H,2-7,13-14H2,1H3,(H,16,19). The molecule has 1 aliphatic rings. The molecule has 1 fully saturated rings. The summed E-state index contributed by atoms with van der Waals surface area (Å²) in [5.41, 5.74) is 11.7. The van der Waals surface area contributed by atoms with Gasteiger partial charge in [-0.15, -0.1) is 0 Å². The number of anilines is 2. The first-order chi connectivity index (χ1) is 9.61. The summed E-state index contributed by atoms with van der Waals surface area (Å²) in [5, 5.41) is 6.68. The van der Waals surface area contributed by atoms with Crippen molar-refractivity contribution in [2.24, 2.45) is 5.73 Å². The van der Waals surface area contributed by atoms with Crippen molar-refractivity contribution in [3.05, 3.63) is 4.88 Å². The summed E-state index contributed by atoms with van der Waals surface area (Å²) in [4.78, 5) is 18.9. The zero-order chi connectivity index (χ0) is 14.5. The van der Waals surface area contributed by atoms with E-state index in [1.165, 1.54) is 11.3 Å². The Morgan fingerprint density at radius 3 is 3.00 bits per heavy atom. The van der Waals surface area contributed by atoms with Crippen LogP contribution in [0.15, 0.2) is 0 Å². The van der Waals surface area contributed by atoms with Crippen molar-refractivity contribution in [3.8, 4) is 0 Å². The van der Waals surface area contributed by atoms with Gasteiger partial charge in [0.15, 0.2) is 5.13 Å². The van der Waals surface area contributed by atoms with E-state index in [9.17, 15) is 4.79 Å². The molecular weight excluding hydrogens is 276 g/mol. The molecule has 2 rings (SSSR count). The highest BCUT2D eigenvalue weighted by atomic mass is 32.1. The van der Waals surface area contributed by atoms with Crippen LogP contribution in [0.2, 0.25) is 0 Å². The largest absolute Gasteiger partial charge is 0.382 e. The van der Waals surface area contributed by atoms with Crippen LogP contribution in [0.4, 0.5) is 10.9 Å². The minimum absolute atomic E-state index is 0.147. The van der Waals surface area contributed by atoms with Gasteiger partial charge in [-0.25, -0.2) is 4.98 Å².